The number of nitrogens with zero attached hydrogens (tertiary/aromatic N) is 1. The van der Waals surface area contributed by atoms with E-state index in [9.17, 15) is 0 Å². The van der Waals surface area contributed by atoms with E-state index in [0.717, 1.165) is 23.5 Å². The zero-order valence-corrected chi connectivity index (χ0v) is 11.7. The number of aromatic nitrogens is 1. The van der Waals surface area contributed by atoms with Crippen molar-refractivity contribution in [3.63, 3.8) is 0 Å². The Bertz CT molecular complexity index is 518. The molecule has 1 heterocycles. The first kappa shape index (κ1) is 13.4. The van der Waals surface area contributed by atoms with Crippen LogP contribution in [-0.4, -0.2) is 10.6 Å². The average molecular weight is 256 g/mol. The molecule has 3 nitrogen and oxygen atoms in total. The summed E-state index contributed by atoms with van der Waals surface area (Å²) in [5.74, 6) is 0.923. The van der Waals surface area contributed by atoms with Gasteiger partial charge < -0.3 is 10.1 Å². The fraction of sp³-hybridized carbons (Fsp3) is 0.312. The van der Waals surface area contributed by atoms with Gasteiger partial charge in [0.25, 0.3) is 0 Å². The van der Waals surface area contributed by atoms with Crippen LogP contribution in [0.2, 0.25) is 0 Å². The summed E-state index contributed by atoms with van der Waals surface area (Å²) in [4.78, 5) is 4.09. The van der Waals surface area contributed by atoms with Gasteiger partial charge in [-0.05, 0) is 39.0 Å². The Labute approximate surface area is 114 Å². The van der Waals surface area contributed by atoms with Crippen LogP contribution in [0.25, 0.3) is 0 Å². The van der Waals surface area contributed by atoms with E-state index in [1.54, 1.807) is 6.20 Å². The Hall–Kier alpha value is -2.03. The molecule has 0 amide bonds. The van der Waals surface area contributed by atoms with E-state index >= 15 is 0 Å². The molecular weight excluding hydrogens is 236 g/mol. The lowest BCUT2D eigenvalue weighted by Crippen LogP contribution is -2.23. The zero-order valence-electron chi connectivity index (χ0n) is 11.7. The molecule has 2 aromatic rings. The summed E-state index contributed by atoms with van der Waals surface area (Å²) in [7, 11) is 0. The van der Waals surface area contributed by atoms with Crippen LogP contribution in [0.4, 0.5) is 5.69 Å². The standard InChI is InChI=1S/C16H20N2O/c1-16(2,3)19-15-9-5-4-7-13(15)11-18-14-8-6-10-17-12-14/h4-10,12,18H,11H2,1-3H3. The van der Waals surface area contributed by atoms with E-state index in [1.807, 2.05) is 36.5 Å². The van der Waals surface area contributed by atoms with Gasteiger partial charge in [0, 0.05) is 24.5 Å². The number of rotatable bonds is 4. The molecule has 0 unspecified atom stereocenters. The number of nitrogens with one attached hydrogen (secondary N) is 1. The monoisotopic (exact) mass is 256 g/mol. The summed E-state index contributed by atoms with van der Waals surface area (Å²) >= 11 is 0. The highest BCUT2D eigenvalue weighted by Gasteiger charge is 2.13. The molecule has 2 rings (SSSR count). The number of pyridine rings is 1. The van der Waals surface area contributed by atoms with E-state index in [4.69, 9.17) is 4.74 Å². The quantitative estimate of drug-likeness (QED) is 0.901. The number of benzene rings is 1. The molecule has 0 aliphatic rings. The highest BCUT2D eigenvalue weighted by Crippen LogP contribution is 2.23. The van der Waals surface area contributed by atoms with Crippen LogP contribution < -0.4 is 10.1 Å². The first-order valence-corrected chi connectivity index (χ1v) is 6.45. The molecule has 1 aromatic carbocycles. The number of hydrogen-bond donors (Lipinski definition) is 1. The summed E-state index contributed by atoms with van der Waals surface area (Å²) in [6, 6.07) is 12.0. The first-order valence-electron chi connectivity index (χ1n) is 6.45. The topological polar surface area (TPSA) is 34.1 Å². The molecule has 0 aliphatic heterocycles. The molecule has 0 saturated carbocycles. The van der Waals surface area contributed by atoms with Crippen LogP contribution in [0.1, 0.15) is 26.3 Å². The Morgan fingerprint density at radius 1 is 1.11 bits per heavy atom. The summed E-state index contributed by atoms with van der Waals surface area (Å²) in [5.41, 5.74) is 1.96. The fourth-order valence-corrected chi connectivity index (χ4v) is 1.74. The highest BCUT2D eigenvalue weighted by molar-refractivity contribution is 5.43. The Morgan fingerprint density at radius 3 is 2.58 bits per heavy atom. The Morgan fingerprint density at radius 2 is 1.89 bits per heavy atom. The minimum absolute atomic E-state index is 0.190. The SMILES string of the molecule is CC(C)(C)Oc1ccccc1CNc1cccnc1. The van der Waals surface area contributed by atoms with Crippen LogP contribution in [0.3, 0.4) is 0 Å². The van der Waals surface area contributed by atoms with Crippen LogP contribution in [0.15, 0.2) is 48.8 Å². The van der Waals surface area contributed by atoms with Gasteiger partial charge in [-0.1, -0.05) is 18.2 Å². The van der Waals surface area contributed by atoms with E-state index in [2.05, 4.69) is 37.1 Å². The van der Waals surface area contributed by atoms with Crippen molar-refractivity contribution in [2.75, 3.05) is 5.32 Å². The van der Waals surface area contributed by atoms with E-state index in [0.29, 0.717) is 0 Å². The molecule has 1 N–H and O–H groups in total. The normalized spacial score (nSPS) is 11.1. The average Bonchev–Trinajstić information content (AvgIpc) is 2.37. The molecule has 1 aromatic heterocycles. The molecule has 0 bridgehead atoms. The van der Waals surface area contributed by atoms with Crippen LogP contribution in [-0.2, 0) is 6.54 Å². The Balaban J connectivity index is 2.08. The molecule has 0 spiro atoms. The molecule has 100 valence electrons. The highest BCUT2D eigenvalue weighted by atomic mass is 16.5. The lowest BCUT2D eigenvalue weighted by atomic mass is 10.1. The molecule has 0 fully saturated rings. The summed E-state index contributed by atoms with van der Waals surface area (Å²) in [6.07, 6.45) is 3.58. The second-order valence-corrected chi connectivity index (χ2v) is 5.42. The first-order chi connectivity index (χ1) is 9.04. The second kappa shape index (κ2) is 5.74. The van der Waals surface area contributed by atoms with Gasteiger partial charge in [-0.2, -0.15) is 0 Å². The summed E-state index contributed by atoms with van der Waals surface area (Å²) in [6.45, 7) is 6.88. The van der Waals surface area contributed by atoms with Gasteiger partial charge in [0.2, 0.25) is 0 Å². The van der Waals surface area contributed by atoms with E-state index in [1.165, 1.54) is 0 Å². The number of para-hydroxylation sites is 1. The third-order valence-electron chi connectivity index (χ3n) is 2.53. The van der Waals surface area contributed by atoms with Crippen molar-refractivity contribution < 1.29 is 4.74 Å². The minimum atomic E-state index is -0.190. The maximum Gasteiger partial charge on any atom is 0.125 e. The van der Waals surface area contributed by atoms with Gasteiger partial charge in [-0.3, -0.25) is 4.98 Å². The van der Waals surface area contributed by atoms with Gasteiger partial charge in [0.15, 0.2) is 0 Å². The van der Waals surface area contributed by atoms with Gasteiger partial charge >= 0.3 is 0 Å². The predicted octanol–water partition coefficient (Wildman–Crippen LogP) is 3.87. The van der Waals surface area contributed by atoms with Crippen molar-refractivity contribution in [1.29, 1.82) is 0 Å². The van der Waals surface area contributed by atoms with Crippen LogP contribution in [0.5, 0.6) is 5.75 Å². The maximum atomic E-state index is 5.97. The lowest BCUT2D eigenvalue weighted by molar-refractivity contribution is 0.129. The minimum Gasteiger partial charge on any atom is -0.488 e. The number of ether oxygens (including phenoxy) is 1. The van der Waals surface area contributed by atoms with Gasteiger partial charge in [-0.15, -0.1) is 0 Å². The molecule has 19 heavy (non-hydrogen) atoms. The van der Waals surface area contributed by atoms with Gasteiger partial charge in [0.1, 0.15) is 11.4 Å². The predicted molar refractivity (Wildman–Crippen MR) is 78.4 cm³/mol. The van der Waals surface area contributed by atoms with Gasteiger partial charge in [0.05, 0.1) is 5.69 Å². The van der Waals surface area contributed by atoms with E-state index < -0.39 is 0 Å². The smallest absolute Gasteiger partial charge is 0.125 e. The maximum absolute atomic E-state index is 5.97. The van der Waals surface area contributed by atoms with Crippen LogP contribution in [0, 0.1) is 0 Å². The van der Waals surface area contributed by atoms with Gasteiger partial charge in [-0.25, -0.2) is 0 Å². The fourth-order valence-electron chi connectivity index (χ4n) is 1.74. The van der Waals surface area contributed by atoms with Crippen molar-refractivity contribution in [3.8, 4) is 5.75 Å². The molecule has 0 aliphatic carbocycles. The molecule has 0 saturated heterocycles. The molecular formula is C16H20N2O. The third-order valence-corrected chi connectivity index (χ3v) is 2.53. The molecule has 0 atom stereocenters. The summed E-state index contributed by atoms with van der Waals surface area (Å²) in [5, 5.41) is 3.34. The van der Waals surface area contributed by atoms with Crippen molar-refractivity contribution >= 4 is 5.69 Å². The zero-order chi connectivity index (χ0) is 13.7. The lowest BCUT2D eigenvalue weighted by Gasteiger charge is -2.23. The van der Waals surface area contributed by atoms with Crippen molar-refractivity contribution in [3.05, 3.63) is 54.4 Å². The number of anilines is 1. The second-order valence-electron chi connectivity index (χ2n) is 5.42. The van der Waals surface area contributed by atoms with E-state index in [-0.39, 0.29) is 5.60 Å². The van der Waals surface area contributed by atoms with Crippen molar-refractivity contribution in [2.24, 2.45) is 0 Å². The third kappa shape index (κ3) is 4.28. The molecule has 0 radical (unpaired) electrons. The largest absolute Gasteiger partial charge is 0.488 e. The van der Waals surface area contributed by atoms with Crippen LogP contribution >= 0.6 is 0 Å². The number of hydrogen-bond acceptors (Lipinski definition) is 3. The molecule has 3 heteroatoms. The van der Waals surface area contributed by atoms with Crippen molar-refractivity contribution in [2.45, 2.75) is 32.9 Å². The summed E-state index contributed by atoms with van der Waals surface area (Å²) < 4.78 is 5.97. The van der Waals surface area contributed by atoms with Crippen molar-refractivity contribution in [1.82, 2.24) is 4.98 Å². The Kier molecular flexibility index (Phi) is 4.05.